The van der Waals surface area contributed by atoms with Gasteiger partial charge in [-0.25, -0.2) is 14.8 Å². The Kier molecular flexibility index (Phi) is 4.70. The fraction of sp³-hybridized carbons (Fsp3) is 0.350. The van der Waals surface area contributed by atoms with E-state index in [1.54, 1.807) is 23.5 Å². The number of hydrogen-bond acceptors (Lipinski definition) is 7. The van der Waals surface area contributed by atoms with E-state index in [1.165, 1.54) is 31.1 Å². The van der Waals surface area contributed by atoms with E-state index in [0.717, 1.165) is 40.3 Å². The second-order valence-electron chi connectivity index (χ2n) is 6.54. The highest BCUT2D eigenvalue weighted by molar-refractivity contribution is 7.19. The van der Waals surface area contributed by atoms with Crippen LogP contribution in [0.25, 0.3) is 10.2 Å². The number of ether oxygens (including phenoxy) is 2. The van der Waals surface area contributed by atoms with Crippen molar-refractivity contribution >= 4 is 33.3 Å². The van der Waals surface area contributed by atoms with E-state index in [1.807, 2.05) is 13.0 Å². The van der Waals surface area contributed by atoms with Gasteiger partial charge in [0.2, 0.25) is 0 Å². The summed E-state index contributed by atoms with van der Waals surface area (Å²) in [7, 11) is 2.90. The van der Waals surface area contributed by atoms with Crippen LogP contribution in [0.2, 0.25) is 0 Å². The second kappa shape index (κ2) is 7.15. The predicted octanol–water partition coefficient (Wildman–Crippen LogP) is 3.90. The summed E-state index contributed by atoms with van der Waals surface area (Å²) in [6.07, 6.45) is 3.42. The van der Waals surface area contributed by atoms with Crippen LogP contribution < -0.4 is 10.1 Å². The van der Waals surface area contributed by atoms with Crippen LogP contribution >= 0.6 is 11.3 Å². The highest BCUT2D eigenvalue weighted by Crippen LogP contribution is 2.39. The number of thiophene rings is 1. The molecule has 1 aliphatic carbocycles. The van der Waals surface area contributed by atoms with Crippen molar-refractivity contribution in [2.45, 2.75) is 32.7 Å². The molecule has 6 nitrogen and oxygen atoms in total. The molecule has 1 aliphatic rings. The molecule has 3 aromatic rings. The number of methoxy groups -OCH3 is 2. The van der Waals surface area contributed by atoms with Crippen molar-refractivity contribution in [3.63, 3.8) is 0 Å². The standard InChI is InChI=1S/C20H21N3O3S/c1-11-22-18(17-13-5-4-6-16(13)27-19(17)23-11)21-10-12-7-8-15(25-2)14(9-12)20(24)26-3/h7-9H,4-6,10H2,1-3H3,(H,21,22,23). The number of aromatic nitrogens is 2. The predicted molar refractivity (Wildman–Crippen MR) is 106 cm³/mol. The molecule has 0 saturated heterocycles. The van der Waals surface area contributed by atoms with Crippen molar-refractivity contribution in [1.29, 1.82) is 0 Å². The molecule has 1 aromatic carbocycles. The molecule has 0 radical (unpaired) electrons. The Morgan fingerprint density at radius 2 is 2.11 bits per heavy atom. The number of anilines is 1. The minimum atomic E-state index is -0.412. The molecular formula is C20H21N3O3S. The molecule has 0 saturated carbocycles. The second-order valence-corrected chi connectivity index (χ2v) is 7.62. The molecule has 2 aromatic heterocycles. The molecule has 0 spiro atoms. The molecule has 2 heterocycles. The van der Waals surface area contributed by atoms with Gasteiger partial charge in [0.25, 0.3) is 0 Å². The van der Waals surface area contributed by atoms with Gasteiger partial charge in [-0.1, -0.05) is 6.07 Å². The van der Waals surface area contributed by atoms with Crippen LogP contribution in [-0.4, -0.2) is 30.2 Å². The number of carbonyl (C=O) groups excluding carboxylic acids is 1. The first-order chi connectivity index (χ1) is 13.1. The lowest BCUT2D eigenvalue weighted by Gasteiger charge is -2.12. The summed E-state index contributed by atoms with van der Waals surface area (Å²) in [6, 6.07) is 5.51. The van der Waals surface area contributed by atoms with Gasteiger partial charge in [0, 0.05) is 11.4 Å². The molecule has 0 aliphatic heterocycles. The van der Waals surface area contributed by atoms with E-state index in [-0.39, 0.29) is 0 Å². The highest BCUT2D eigenvalue weighted by Gasteiger charge is 2.22. The highest BCUT2D eigenvalue weighted by atomic mass is 32.1. The Balaban J connectivity index is 1.65. The number of aryl methyl sites for hydroxylation is 3. The first-order valence-electron chi connectivity index (χ1n) is 8.88. The van der Waals surface area contributed by atoms with Crippen LogP contribution in [0, 0.1) is 6.92 Å². The average Bonchev–Trinajstić information content (AvgIpc) is 3.25. The largest absolute Gasteiger partial charge is 0.496 e. The van der Waals surface area contributed by atoms with Crippen LogP contribution in [0.1, 0.15) is 38.6 Å². The number of nitrogens with zero attached hydrogens (tertiary/aromatic N) is 2. The van der Waals surface area contributed by atoms with Gasteiger partial charge < -0.3 is 14.8 Å². The van der Waals surface area contributed by atoms with Gasteiger partial charge in [0.15, 0.2) is 0 Å². The van der Waals surface area contributed by atoms with E-state index in [2.05, 4.69) is 15.3 Å². The van der Waals surface area contributed by atoms with Crippen molar-refractivity contribution in [2.75, 3.05) is 19.5 Å². The molecule has 7 heteroatoms. The lowest BCUT2D eigenvalue weighted by Crippen LogP contribution is -2.08. The Hall–Kier alpha value is -2.67. The van der Waals surface area contributed by atoms with Gasteiger partial charge in [-0.05, 0) is 49.4 Å². The van der Waals surface area contributed by atoms with Crippen LogP contribution in [-0.2, 0) is 24.1 Å². The number of hydrogen-bond donors (Lipinski definition) is 1. The maximum Gasteiger partial charge on any atom is 0.341 e. The van der Waals surface area contributed by atoms with E-state index in [4.69, 9.17) is 9.47 Å². The summed E-state index contributed by atoms with van der Waals surface area (Å²) in [5.74, 6) is 1.72. The smallest absolute Gasteiger partial charge is 0.341 e. The van der Waals surface area contributed by atoms with Crippen molar-refractivity contribution < 1.29 is 14.3 Å². The third-order valence-corrected chi connectivity index (χ3v) is 5.99. The number of rotatable bonds is 5. The zero-order valence-electron chi connectivity index (χ0n) is 15.6. The molecule has 1 N–H and O–H groups in total. The molecular weight excluding hydrogens is 362 g/mol. The van der Waals surface area contributed by atoms with Crippen LogP contribution in [0.4, 0.5) is 5.82 Å². The molecule has 0 bridgehead atoms. The molecule has 0 unspecified atom stereocenters. The monoisotopic (exact) mass is 383 g/mol. The summed E-state index contributed by atoms with van der Waals surface area (Å²) >= 11 is 1.78. The Morgan fingerprint density at radius 1 is 1.26 bits per heavy atom. The van der Waals surface area contributed by atoms with Crippen molar-refractivity contribution in [1.82, 2.24) is 9.97 Å². The number of fused-ring (bicyclic) bond motifs is 3. The van der Waals surface area contributed by atoms with Gasteiger partial charge in [-0.2, -0.15) is 0 Å². The first-order valence-corrected chi connectivity index (χ1v) is 9.70. The zero-order chi connectivity index (χ0) is 19.0. The van der Waals surface area contributed by atoms with Gasteiger partial charge in [-0.15, -0.1) is 11.3 Å². The Morgan fingerprint density at radius 3 is 2.89 bits per heavy atom. The molecule has 27 heavy (non-hydrogen) atoms. The topological polar surface area (TPSA) is 73.3 Å². The van der Waals surface area contributed by atoms with Crippen LogP contribution in [0.5, 0.6) is 5.75 Å². The maximum atomic E-state index is 12.0. The minimum absolute atomic E-state index is 0.412. The molecule has 0 amide bonds. The number of nitrogens with one attached hydrogen (secondary N) is 1. The number of benzene rings is 1. The summed E-state index contributed by atoms with van der Waals surface area (Å²) in [6.45, 7) is 2.46. The summed E-state index contributed by atoms with van der Waals surface area (Å²) in [4.78, 5) is 23.7. The van der Waals surface area contributed by atoms with Gasteiger partial charge >= 0.3 is 5.97 Å². The number of esters is 1. The van der Waals surface area contributed by atoms with Crippen LogP contribution in [0.15, 0.2) is 18.2 Å². The van der Waals surface area contributed by atoms with E-state index in [9.17, 15) is 4.79 Å². The molecule has 140 valence electrons. The summed E-state index contributed by atoms with van der Waals surface area (Å²) in [5, 5.41) is 4.60. The van der Waals surface area contributed by atoms with Crippen molar-refractivity contribution in [3.05, 3.63) is 45.6 Å². The fourth-order valence-electron chi connectivity index (χ4n) is 3.55. The molecule has 0 fully saturated rings. The van der Waals surface area contributed by atoms with Crippen LogP contribution in [0.3, 0.4) is 0 Å². The van der Waals surface area contributed by atoms with Gasteiger partial charge in [0.05, 0.1) is 19.6 Å². The third kappa shape index (κ3) is 3.23. The molecule has 0 atom stereocenters. The summed E-state index contributed by atoms with van der Waals surface area (Å²) < 4.78 is 10.1. The SMILES string of the molecule is COC(=O)c1cc(CNc2nc(C)nc3sc4c(c23)CCC4)ccc1OC. The van der Waals surface area contributed by atoms with E-state index in [0.29, 0.717) is 17.9 Å². The Labute approximate surface area is 161 Å². The zero-order valence-corrected chi connectivity index (χ0v) is 16.4. The normalized spacial score (nSPS) is 12.9. The lowest BCUT2D eigenvalue weighted by molar-refractivity contribution is 0.0597. The average molecular weight is 383 g/mol. The summed E-state index contributed by atoms with van der Waals surface area (Å²) in [5.41, 5.74) is 2.76. The van der Waals surface area contributed by atoms with Crippen molar-refractivity contribution in [2.24, 2.45) is 0 Å². The lowest BCUT2D eigenvalue weighted by atomic mass is 10.1. The van der Waals surface area contributed by atoms with Gasteiger partial charge in [0.1, 0.15) is 27.8 Å². The van der Waals surface area contributed by atoms with Crippen molar-refractivity contribution in [3.8, 4) is 5.75 Å². The maximum absolute atomic E-state index is 12.0. The third-order valence-electron chi connectivity index (χ3n) is 4.81. The quantitative estimate of drug-likeness (QED) is 0.674. The fourth-order valence-corrected chi connectivity index (χ4v) is 4.86. The first kappa shape index (κ1) is 17.7. The Bertz CT molecular complexity index is 1030. The molecule has 4 rings (SSSR count). The minimum Gasteiger partial charge on any atom is -0.496 e. The van der Waals surface area contributed by atoms with Gasteiger partial charge in [-0.3, -0.25) is 0 Å². The number of carbonyl (C=O) groups is 1. The van der Waals surface area contributed by atoms with E-state index < -0.39 is 5.97 Å². The van der Waals surface area contributed by atoms with E-state index >= 15 is 0 Å².